The van der Waals surface area contributed by atoms with E-state index in [1.807, 2.05) is 0 Å². The first-order chi connectivity index (χ1) is 10.1. The molecule has 0 fully saturated rings. The Labute approximate surface area is 121 Å². The van der Waals surface area contributed by atoms with Gasteiger partial charge >= 0.3 is 0 Å². The standard InChI is InChI=1S/C15H14FN3O2/c1-19-14(7-8-17-19)15(21)18-12-5-6-13(16)11(10-12)4-2-3-9-20/h5-8,10,20H,3,9H2,1H3,(H,18,21). The number of anilines is 1. The number of hydrogen-bond acceptors (Lipinski definition) is 3. The lowest BCUT2D eigenvalue weighted by atomic mass is 10.2. The fourth-order valence-corrected chi connectivity index (χ4v) is 1.70. The minimum Gasteiger partial charge on any atom is -0.395 e. The number of nitrogens with zero attached hydrogens (tertiary/aromatic N) is 2. The van der Waals surface area contributed by atoms with Gasteiger partial charge in [0.2, 0.25) is 0 Å². The molecule has 0 spiro atoms. The van der Waals surface area contributed by atoms with Gasteiger partial charge in [-0.05, 0) is 24.3 Å². The maximum atomic E-state index is 13.6. The van der Waals surface area contributed by atoms with Crippen molar-refractivity contribution in [2.24, 2.45) is 7.05 Å². The third-order valence-electron chi connectivity index (χ3n) is 2.74. The van der Waals surface area contributed by atoms with Gasteiger partial charge in [0, 0.05) is 25.4 Å². The number of halogens is 1. The number of aryl methyl sites for hydroxylation is 1. The van der Waals surface area contributed by atoms with E-state index in [1.165, 1.54) is 29.1 Å². The topological polar surface area (TPSA) is 67.2 Å². The first-order valence-electron chi connectivity index (χ1n) is 6.30. The van der Waals surface area contributed by atoms with Crippen LogP contribution >= 0.6 is 0 Å². The zero-order valence-corrected chi connectivity index (χ0v) is 11.4. The lowest BCUT2D eigenvalue weighted by Gasteiger charge is -2.06. The predicted molar refractivity (Wildman–Crippen MR) is 76.1 cm³/mol. The van der Waals surface area contributed by atoms with Gasteiger partial charge < -0.3 is 10.4 Å². The Morgan fingerprint density at radius 3 is 2.95 bits per heavy atom. The summed E-state index contributed by atoms with van der Waals surface area (Å²) in [5.74, 6) is 4.45. The van der Waals surface area contributed by atoms with Crippen molar-refractivity contribution >= 4 is 11.6 Å². The number of carbonyl (C=O) groups is 1. The highest BCUT2D eigenvalue weighted by Crippen LogP contribution is 2.15. The quantitative estimate of drug-likeness (QED) is 0.842. The van der Waals surface area contributed by atoms with E-state index in [1.54, 1.807) is 13.1 Å². The molecule has 0 aliphatic heterocycles. The first kappa shape index (κ1) is 14.8. The number of aromatic nitrogens is 2. The van der Waals surface area contributed by atoms with Gasteiger partial charge in [-0.15, -0.1) is 0 Å². The monoisotopic (exact) mass is 287 g/mol. The van der Waals surface area contributed by atoms with E-state index in [4.69, 9.17) is 5.11 Å². The summed E-state index contributed by atoms with van der Waals surface area (Å²) in [6, 6.07) is 5.73. The summed E-state index contributed by atoms with van der Waals surface area (Å²) in [7, 11) is 1.66. The van der Waals surface area contributed by atoms with Crippen molar-refractivity contribution in [3.63, 3.8) is 0 Å². The lowest BCUT2D eigenvalue weighted by molar-refractivity contribution is 0.101. The fraction of sp³-hybridized carbons (Fsp3) is 0.200. The summed E-state index contributed by atoms with van der Waals surface area (Å²) in [6.07, 6.45) is 1.79. The number of amides is 1. The minimum absolute atomic E-state index is 0.0778. The number of aliphatic hydroxyl groups is 1. The van der Waals surface area contributed by atoms with Crippen LogP contribution in [0.15, 0.2) is 30.5 Å². The van der Waals surface area contributed by atoms with E-state index in [2.05, 4.69) is 22.3 Å². The summed E-state index contributed by atoms with van der Waals surface area (Å²) in [4.78, 5) is 12.0. The molecule has 5 nitrogen and oxygen atoms in total. The summed E-state index contributed by atoms with van der Waals surface area (Å²) in [5, 5.41) is 15.2. The van der Waals surface area contributed by atoms with Gasteiger partial charge in [-0.1, -0.05) is 11.8 Å². The SMILES string of the molecule is Cn1nccc1C(=O)Nc1ccc(F)c(C#CCCO)c1. The normalized spacial score (nSPS) is 9.86. The molecular weight excluding hydrogens is 273 g/mol. The second-order valence-electron chi connectivity index (χ2n) is 4.26. The van der Waals surface area contributed by atoms with Gasteiger partial charge in [-0.2, -0.15) is 5.10 Å². The Morgan fingerprint density at radius 1 is 1.48 bits per heavy atom. The zero-order valence-electron chi connectivity index (χ0n) is 11.4. The van der Waals surface area contributed by atoms with Gasteiger partial charge in [0.15, 0.2) is 0 Å². The molecule has 0 saturated carbocycles. The maximum Gasteiger partial charge on any atom is 0.273 e. The number of nitrogens with one attached hydrogen (secondary N) is 1. The van der Waals surface area contributed by atoms with Crippen molar-refractivity contribution in [1.82, 2.24) is 9.78 Å². The van der Waals surface area contributed by atoms with E-state index in [0.29, 0.717) is 11.4 Å². The van der Waals surface area contributed by atoms with Gasteiger partial charge in [-0.3, -0.25) is 9.48 Å². The molecular formula is C15H14FN3O2. The molecule has 21 heavy (non-hydrogen) atoms. The van der Waals surface area contributed by atoms with Crippen LogP contribution in [-0.2, 0) is 7.05 Å². The lowest BCUT2D eigenvalue weighted by Crippen LogP contribution is -2.16. The van der Waals surface area contributed by atoms with Crippen LogP contribution in [0.25, 0.3) is 0 Å². The van der Waals surface area contributed by atoms with Crippen molar-refractivity contribution in [3.8, 4) is 11.8 Å². The highest BCUT2D eigenvalue weighted by molar-refractivity contribution is 6.03. The molecule has 2 N–H and O–H groups in total. The van der Waals surface area contributed by atoms with E-state index < -0.39 is 5.82 Å². The molecule has 0 radical (unpaired) electrons. The summed E-state index contributed by atoms with van der Waals surface area (Å²) < 4.78 is 15.0. The Hall–Kier alpha value is -2.65. The highest BCUT2D eigenvalue weighted by Gasteiger charge is 2.10. The van der Waals surface area contributed by atoms with Crippen molar-refractivity contribution in [1.29, 1.82) is 0 Å². The van der Waals surface area contributed by atoms with Crippen LogP contribution in [0, 0.1) is 17.7 Å². The average molecular weight is 287 g/mol. The molecule has 1 heterocycles. The fourth-order valence-electron chi connectivity index (χ4n) is 1.70. The van der Waals surface area contributed by atoms with Gasteiger partial charge in [0.05, 0.1) is 12.2 Å². The van der Waals surface area contributed by atoms with Crippen molar-refractivity contribution in [2.75, 3.05) is 11.9 Å². The third-order valence-corrected chi connectivity index (χ3v) is 2.74. The Kier molecular flexibility index (Phi) is 4.69. The molecule has 2 rings (SSSR count). The number of benzene rings is 1. The Morgan fingerprint density at radius 2 is 2.29 bits per heavy atom. The predicted octanol–water partition coefficient (Wildman–Crippen LogP) is 1.55. The van der Waals surface area contributed by atoms with Crippen molar-refractivity contribution in [3.05, 3.63) is 47.5 Å². The van der Waals surface area contributed by atoms with Crippen LogP contribution in [0.2, 0.25) is 0 Å². The number of aliphatic hydroxyl groups excluding tert-OH is 1. The molecule has 0 atom stereocenters. The summed E-state index contributed by atoms with van der Waals surface area (Å²) >= 11 is 0. The van der Waals surface area contributed by atoms with Crippen LogP contribution in [0.1, 0.15) is 22.5 Å². The summed E-state index contributed by atoms with van der Waals surface area (Å²) in [6.45, 7) is -0.0778. The zero-order chi connectivity index (χ0) is 15.2. The number of hydrogen-bond donors (Lipinski definition) is 2. The van der Waals surface area contributed by atoms with Crippen LogP contribution in [0.5, 0.6) is 0 Å². The second-order valence-corrected chi connectivity index (χ2v) is 4.26. The molecule has 0 saturated heterocycles. The Balaban J connectivity index is 2.18. The smallest absolute Gasteiger partial charge is 0.273 e. The van der Waals surface area contributed by atoms with Crippen molar-refractivity contribution < 1.29 is 14.3 Å². The van der Waals surface area contributed by atoms with Crippen LogP contribution < -0.4 is 5.32 Å². The summed E-state index contributed by atoms with van der Waals surface area (Å²) in [5.41, 5.74) is 1.01. The first-order valence-corrected chi connectivity index (χ1v) is 6.30. The molecule has 0 aliphatic rings. The van der Waals surface area contributed by atoms with Gasteiger partial charge in [-0.25, -0.2) is 4.39 Å². The molecule has 1 aromatic heterocycles. The maximum absolute atomic E-state index is 13.6. The van der Waals surface area contributed by atoms with Crippen LogP contribution in [0.4, 0.5) is 10.1 Å². The molecule has 2 aromatic rings. The average Bonchev–Trinajstić information content (AvgIpc) is 2.89. The van der Waals surface area contributed by atoms with E-state index >= 15 is 0 Å². The van der Waals surface area contributed by atoms with Crippen LogP contribution in [-0.4, -0.2) is 27.4 Å². The molecule has 6 heteroatoms. The van der Waals surface area contributed by atoms with Gasteiger partial charge in [0.25, 0.3) is 5.91 Å². The molecule has 0 aliphatic carbocycles. The second kappa shape index (κ2) is 6.68. The van der Waals surface area contributed by atoms with Crippen molar-refractivity contribution in [2.45, 2.75) is 6.42 Å². The van der Waals surface area contributed by atoms with E-state index in [9.17, 15) is 9.18 Å². The molecule has 0 bridgehead atoms. The van der Waals surface area contributed by atoms with E-state index in [-0.39, 0.29) is 24.5 Å². The largest absolute Gasteiger partial charge is 0.395 e. The molecule has 0 unspecified atom stereocenters. The number of rotatable bonds is 3. The minimum atomic E-state index is -0.473. The molecule has 1 amide bonds. The van der Waals surface area contributed by atoms with Gasteiger partial charge in [0.1, 0.15) is 11.5 Å². The van der Waals surface area contributed by atoms with Crippen LogP contribution in [0.3, 0.4) is 0 Å². The van der Waals surface area contributed by atoms with E-state index in [0.717, 1.165) is 0 Å². The Bertz CT molecular complexity index is 713. The molecule has 1 aromatic carbocycles. The highest BCUT2D eigenvalue weighted by atomic mass is 19.1. The molecule has 108 valence electrons. The third kappa shape index (κ3) is 3.68. The number of carbonyl (C=O) groups excluding carboxylic acids is 1.